The molecule has 0 atom stereocenters. The Labute approximate surface area is 175 Å². The van der Waals surface area contributed by atoms with E-state index in [1.54, 1.807) is 6.07 Å². The zero-order valence-corrected chi connectivity index (χ0v) is 17.5. The summed E-state index contributed by atoms with van der Waals surface area (Å²) in [6.07, 6.45) is 4.34. The highest BCUT2D eigenvalue weighted by atomic mass is 32.2. The minimum absolute atomic E-state index is 0.180. The molecule has 1 saturated heterocycles. The average Bonchev–Trinajstić information content (AvgIpc) is 3.21. The van der Waals surface area contributed by atoms with Crippen LogP contribution in [0.2, 0.25) is 0 Å². The van der Waals surface area contributed by atoms with Crippen molar-refractivity contribution in [3.63, 3.8) is 0 Å². The Bertz CT molecular complexity index is 853. The third kappa shape index (κ3) is 5.16. The molecule has 2 aromatic rings. The Balaban J connectivity index is 1.19. The zero-order chi connectivity index (χ0) is 20.1. The minimum atomic E-state index is -0.180. The normalized spacial score (nSPS) is 16.6. The molecule has 0 spiro atoms. The van der Waals surface area contributed by atoms with Crippen molar-refractivity contribution >= 4 is 23.5 Å². The number of carbonyl (C=O) groups excluding carboxylic acids is 1. The Kier molecular flexibility index (Phi) is 6.46. The van der Waals surface area contributed by atoms with Crippen molar-refractivity contribution in [1.82, 2.24) is 10.2 Å². The molecule has 2 aromatic carbocycles. The Morgan fingerprint density at radius 3 is 2.76 bits per heavy atom. The second kappa shape index (κ2) is 9.41. The van der Waals surface area contributed by atoms with Crippen molar-refractivity contribution < 1.29 is 14.3 Å². The maximum Gasteiger partial charge on any atom is 0.319 e. The lowest BCUT2D eigenvalue weighted by Gasteiger charge is -2.32. The Morgan fingerprint density at radius 1 is 1.14 bits per heavy atom. The van der Waals surface area contributed by atoms with Crippen LogP contribution in [0.4, 0.5) is 10.5 Å². The molecule has 0 saturated carbocycles. The fraction of sp³-hybridized carbons (Fsp3) is 0.409. The second-order valence-corrected chi connectivity index (χ2v) is 8.28. The number of hydrogen-bond acceptors (Lipinski definition) is 5. The van der Waals surface area contributed by atoms with Crippen molar-refractivity contribution in [2.24, 2.45) is 5.92 Å². The number of thioether (sulfide) groups is 1. The molecule has 0 aromatic heterocycles. The monoisotopic (exact) mass is 413 g/mol. The number of fused-ring (bicyclic) bond motifs is 1. The third-order valence-electron chi connectivity index (χ3n) is 5.48. The van der Waals surface area contributed by atoms with Gasteiger partial charge in [0.05, 0.1) is 0 Å². The second-order valence-electron chi connectivity index (χ2n) is 7.43. The molecule has 0 unspecified atom stereocenters. The lowest BCUT2D eigenvalue weighted by molar-refractivity contribution is 0.174. The first-order valence-corrected chi connectivity index (χ1v) is 11.2. The van der Waals surface area contributed by atoms with E-state index in [0.717, 1.165) is 32.5 Å². The highest BCUT2D eigenvalue weighted by Gasteiger charge is 2.20. The van der Waals surface area contributed by atoms with Gasteiger partial charge in [-0.25, -0.2) is 4.79 Å². The smallest absolute Gasteiger partial charge is 0.319 e. The number of nitrogens with zero attached hydrogens (tertiary/aromatic N) is 1. The maximum absolute atomic E-state index is 12.2. The van der Waals surface area contributed by atoms with Gasteiger partial charge in [-0.05, 0) is 61.9 Å². The summed E-state index contributed by atoms with van der Waals surface area (Å²) in [6, 6.07) is 13.9. The number of amides is 2. The van der Waals surface area contributed by atoms with Gasteiger partial charge in [-0.1, -0.05) is 18.2 Å². The number of nitrogens with one attached hydrogen (secondary N) is 2. The predicted molar refractivity (Wildman–Crippen MR) is 116 cm³/mol. The van der Waals surface area contributed by atoms with E-state index in [-0.39, 0.29) is 12.8 Å². The van der Waals surface area contributed by atoms with Crippen LogP contribution in [0.15, 0.2) is 47.4 Å². The standard InChI is InChI=1S/C22H27N3O3S/c1-29-21-5-3-2-4-17(21)14-25-10-8-16(9-11-25)13-23-22(26)24-18-6-7-19-20(12-18)28-15-27-19/h2-7,12,16H,8-11,13-15H2,1H3,(H2,23,24,26). The fourth-order valence-electron chi connectivity index (χ4n) is 3.81. The number of rotatable bonds is 6. The largest absolute Gasteiger partial charge is 0.454 e. The number of likely N-dealkylation sites (tertiary alicyclic amines) is 1. The molecule has 29 heavy (non-hydrogen) atoms. The first kappa shape index (κ1) is 19.9. The number of piperidine rings is 1. The number of ether oxygens (including phenoxy) is 2. The molecule has 0 aliphatic carbocycles. The van der Waals surface area contributed by atoms with Crippen LogP contribution in [0.3, 0.4) is 0 Å². The molecular formula is C22H27N3O3S. The highest BCUT2D eigenvalue weighted by Crippen LogP contribution is 2.34. The van der Waals surface area contributed by atoms with Gasteiger partial charge in [-0.2, -0.15) is 0 Å². The lowest BCUT2D eigenvalue weighted by atomic mass is 9.96. The molecule has 2 N–H and O–H groups in total. The van der Waals surface area contributed by atoms with Gasteiger partial charge in [-0.15, -0.1) is 11.8 Å². The first-order chi connectivity index (χ1) is 14.2. The van der Waals surface area contributed by atoms with Gasteiger partial charge in [-0.3, -0.25) is 4.90 Å². The summed E-state index contributed by atoms with van der Waals surface area (Å²) in [5.74, 6) is 1.89. The molecule has 154 valence electrons. The lowest BCUT2D eigenvalue weighted by Crippen LogP contribution is -2.39. The molecule has 4 rings (SSSR count). The fourth-order valence-corrected chi connectivity index (χ4v) is 4.42. The molecular weight excluding hydrogens is 386 g/mol. The molecule has 2 aliphatic rings. The van der Waals surface area contributed by atoms with Crippen LogP contribution in [0.5, 0.6) is 11.5 Å². The van der Waals surface area contributed by atoms with Crippen LogP contribution in [0.1, 0.15) is 18.4 Å². The predicted octanol–water partition coefficient (Wildman–Crippen LogP) is 4.17. The van der Waals surface area contributed by atoms with Crippen LogP contribution in [0.25, 0.3) is 0 Å². The van der Waals surface area contributed by atoms with Gasteiger partial charge in [0, 0.05) is 29.7 Å². The van der Waals surface area contributed by atoms with Crippen LogP contribution in [0, 0.1) is 5.92 Å². The van der Waals surface area contributed by atoms with E-state index in [1.165, 1.54) is 10.5 Å². The number of hydrogen-bond donors (Lipinski definition) is 2. The molecule has 0 radical (unpaired) electrons. The summed E-state index contributed by atoms with van der Waals surface area (Å²) in [5.41, 5.74) is 2.11. The summed E-state index contributed by atoms with van der Waals surface area (Å²) in [5, 5.41) is 5.87. The SMILES string of the molecule is CSc1ccccc1CN1CCC(CNC(=O)Nc2ccc3c(c2)OCO3)CC1. The summed E-state index contributed by atoms with van der Waals surface area (Å²) in [4.78, 5) is 16.1. The van der Waals surface area contributed by atoms with Gasteiger partial charge in [0.2, 0.25) is 6.79 Å². The van der Waals surface area contributed by atoms with E-state index in [0.29, 0.717) is 29.6 Å². The van der Waals surface area contributed by atoms with Crippen molar-refractivity contribution in [3.05, 3.63) is 48.0 Å². The highest BCUT2D eigenvalue weighted by molar-refractivity contribution is 7.98. The van der Waals surface area contributed by atoms with Crippen molar-refractivity contribution in [2.75, 3.05) is 38.0 Å². The van der Waals surface area contributed by atoms with Gasteiger partial charge in [0.1, 0.15) is 0 Å². The maximum atomic E-state index is 12.2. The number of urea groups is 1. The quantitative estimate of drug-likeness (QED) is 0.696. The van der Waals surface area contributed by atoms with Crippen LogP contribution >= 0.6 is 11.8 Å². The third-order valence-corrected chi connectivity index (χ3v) is 6.31. The van der Waals surface area contributed by atoms with E-state index in [2.05, 4.69) is 46.1 Å². The molecule has 1 fully saturated rings. The zero-order valence-electron chi connectivity index (χ0n) is 16.6. The molecule has 2 heterocycles. The Morgan fingerprint density at radius 2 is 1.93 bits per heavy atom. The Hall–Kier alpha value is -2.38. The molecule has 6 nitrogen and oxygen atoms in total. The van der Waals surface area contributed by atoms with E-state index in [1.807, 2.05) is 23.9 Å². The van der Waals surface area contributed by atoms with Crippen LogP contribution in [-0.2, 0) is 6.54 Å². The molecule has 2 amide bonds. The van der Waals surface area contributed by atoms with E-state index < -0.39 is 0 Å². The van der Waals surface area contributed by atoms with Crippen LogP contribution in [-0.4, -0.2) is 43.6 Å². The van der Waals surface area contributed by atoms with Crippen molar-refractivity contribution in [3.8, 4) is 11.5 Å². The molecule has 2 aliphatic heterocycles. The number of anilines is 1. The van der Waals surface area contributed by atoms with Gasteiger partial charge in [0.25, 0.3) is 0 Å². The van der Waals surface area contributed by atoms with Crippen molar-refractivity contribution in [1.29, 1.82) is 0 Å². The van der Waals surface area contributed by atoms with E-state index in [4.69, 9.17) is 9.47 Å². The van der Waals surface area contributed by atoms with Crippen molar-refractivity contribution in [2.45, 2.75) is 24.3 Å². The molecule has 7 heteroatoms. The van der Waals surface area contributed by atoms with E-state index in [9.17, 15) is 4.79 Å². The van der Waals surface area contributed by atoms with Gasteiger partial charge < -0.3 is 20.1 Å². The number of benzene rings is 2. The summed E-state index contributed by atoms with van der Waals surface area (Å²) in [7, 11) is 0. The topological polar surface area (TPSA) is 62.8 Å². The van der Waals surface area contributed by atoms with Gasteiger partial charge in [0.15, 0.2) is 11.5 Å². The van der Waals surface area contributed by atoms with E-state index >= 15 is 0 Å². The first-order valence-electron chi connectivity index (χ1n) is 10.00. The average molecular weight is 414 g/mol. The summed E-state index contributed by atoms with van der Waals surface area (Å²) in [6.45, 7) is 4.07. The molecule has 0 bridgehead atoms. The summed E-state index contributed by atoms with van der Waals surface area (Å²) < 4.78 is 10.6. The van der Waals surface area contributed by atoms with Gasteiger partial charge >= 0.3 is 6.03 Å². The summed E-state index contributed by atoms with van der Waals surface area (Å²) >= 11 is 1.81. The number of carbonyl (C=O) groups is 1. The minimum Gasteiger partial charge on any atom is -0.454 e. The van der Waals surface area contributed by atoms with Crippen LogP contribution < -0.4 is 20.1 Å².